The number of hydrogen-bond acceptors (Lipinski definition) is 5. The summed E-state index contributed by atoms with van der Waals surface area (Å²) in [5.74, 6) is -0.402. The molecule has 1 atom stereocenters. The highest BCUT2D eigenvalue weighted by Gasteiger charge is 2.36. The third kappa shape index (κ3) is 5.84. The average Bonchev–Trinajstić information content (AvgIpc) is 2.91. The highest BCUT2D eigenvalue weighted by molar-refractivity contribution is 7.89. The molecule has 0 saturated carbocycles. The van der Waals surface area contributed by atoms with Crippen molar-refractivity contribution in [3.05, 3.63) is 89.5 Å². The van der Waals surface area contributed by atoms with Gasteiger partial charge >= 0.3 is 0 Å². The van der Waals surface area contributed by atoms with Crippen LogP contribution in [0.2, 0.25) is 0 Å². The number of aryl methyl sites for hydroxylation is 2. The molecule has 0 saturated heterocycles. The molecule has 8 nitrogen and oxygen atoms in total. The minimum Gasteiger partial charge on any atom is -0.477 e. The van der Waals surface area contributed by atoms with Crippen LogP contribution in [-0.2, 0) is 26.2 Å². The van der Waals surface area contributed by atoms with Crippen LogP contribution in [0.4, 0.5) is 5.69 Å². The molecule has 1 N–H and O–H groups in total. The van der Waals surface area contributed by atoms with E-state index in [2.05, 4.69) is 5.32 Å². The molecule has 1 aliphatic heterocycles. The molecule has 1 aliphatic rings. The molecule has 0 unspecified atom stereocenters. The van der Waals surface area contributed by atoms with Gasteiger partial charge in [0.25, 0.3) is 5.91 Å². The average molecular weight is 522 g/mol. The Morgan fingerprint density at radius 1 is 1.03 bits per heavy atom. The fourth-order valence-electron chi connectivity index (χ4n) is 4.23. The Labute approximate surface area is 217 Å². The van der Waals surface area contributed by atoms with Gasteiger partial charge in [0.1, 0.15) is 5.75 Å². The number of likely N-dealkylation sites (N-methyl/N-ethyl adjacent to an activating group) is 1. The van der Waals surface area contributed by atoms with Crippen LogP contribution >= 0.6 is 0 Å². The maximum absolute atomic E-state index is 13.5. The van der Waals surface area contributed by atoms with E-state index in [4.69, 9.17) is 4.74 Å². The molecule has 0 radical (unpaired) electrons. The van der Waals surface area contributed by atoms with Crippen molar-refractivity contribution in [3.63, 3.8) is 0 Å². The molecular weight excluding hydrogens is 490 g/mol. The lowest BCUT2D eigenvalue weighted by atomic mass is 10.1. The summed E-state index contributed by atoms with van der Waals surface area (Å²) in [5, 5.41) is 2.86. The normalized spacial score (nSPS) is 15.1. The third-order valence-corrected chi connectivity index (χ3v) is 8.37. The zero-order chi connectivity index (χ0) is 26.6. The van der Waals surface area contributed by atoms with Crippen molar-refractivity contribution >= 4 is 27.5 Å². The first-order valence-electron chi connectivity index (χ1n) is 12.2. The second-order valence-corrected chi connectivity index (χ2v) is 10.9. The summed E-state index contributed by atoms with van der Waals surface area (Å²) in [6, 6.07) is 21.7. The molecule has 3 aromatic rings. The molecule has 0 aromatic heterocycles. The Kier molecular flexibility index (Phi) is 7.94. The zero-order valence-corrected chi connectivity index (χ0v) is 22.0. The van der Waals surface area contributed by atoms with Crippen LogP contribution < -0.4 is 15.0 Å². The van der Waals surface area contributed by atoms with Crippen LogP contribution in [0.5, 0.6) is 5.75 Å². The lowest BCUT2D eigenvalue weighted by molar-refractivity contribution is -0.128. The quantitative estimate of drug-likeness (QED) is 0.490. The molecule has 0 aliphatic carbocycles. The number of para-hydroxylation sites is 2. The van der Waals surface area contributed by atoms with Crippen molar-refractivity contribution in [2.45, 2.75) is 38.3 Å². The van der Waals surface area contributed by atoms with E-state index < -0.39 is 22.0 Å². The lowest BCUT2D eigenvalue weighted by Gasteiger charge is -2.35. The van der Waals surface area contributed by atoms with Crippen LogP contribution in [0.3, 0.4) is 0 Å². The molecule has 0 spiro atoms. The summed E-state index contributed by atoms with van der Waals surface area (Å²) in [5.41, 5.74) is 2.87. The Bertz CT molecular complexity index is 1390. The topological polar surface area (TPSA) is 96.0 Å². The maximum atomic E-state index is 13.5. The van der Waals surface area contributed by atoms with E-state index in [0.717, 1.165) is 11.1 Å². The second-order valence-electron chi connectivity index (χ2n) is 8.98. The Morgan fingerprint density at radius 3 is 2.46 bits per heavy atom. The first-order chi connectivity index (χ1) is 17.7. The van der Waals surface area contributed by atoms with Gasteiger partial charge < -0.3 is 15.0 Å². The number of anilines is 1. The number of amides is 2. The smallest absolute Gasteiger partial charge is 0.263 e. The molecule has 194 valence electrons. The van der Waals surface area contributed by atoms with Gasteiger partial charge in [-0.05, 0) is 48.7 Å². The van der Waals surface area contributed by atoms with Crippen molar-refractivity contribution in [3.8, 4) is 5.75 Å². The molecule has 1 heterocycles. The highest BCUT2D eigenvalue weighted by Crippen LogP contribution is 2.33. The molecule has 4 rings (SSSR count). The van der Waals surface area contributed by atoms with Gasteiger partial charge in [-0.2, -0.15) is 4.31 Å². The van der Waals surface area contributed by atoms with Crippen molar-refractivity contribution in [1.29, 1.82) is 0 Å². The SMILES string of the molecule is CCN(CC(=O)N1C[C@H](C(=O)NCc2ccccc2)Oc2ccccc21)S(=O)(=O)c1cc(C)ccc1C. The van der Waals surface area contributed by atoms with E-state index in [1.165, 1.54) is 9.21 Å². The van der Waals surface area contributed by atoms with E-state index in [0.29, 0.717) is 23.5 Å². The van der Waals surface area contributed by atoms with Gasteiger partial charge in [0.15, 0.2) is 6.10 Å². The van der Waals surface area contributed by atoms with Crippen LogP contribution in [0.15, 0.2) is 77.7 Å². The van der Waals surface area contributed by atoms with E-state index >= 15 is 0 Å². The largest absolute Gasteiger partial charge is 0.477 e. The molecular formula is C28H31N3O5S. The number of rotatable bonds is 8. The number of nitrogens with zero attached hydrogens (tertiary/aromatic N) is 2. The molecule has 3 aromatic carbocycles. The van der Waals surface area contributed by atoms with Gasteiger partial charge in [-0.1, -0.05) is 61.5 Å². The monoisotopic (exact) mass is 521 g/mol. The predicted octanol–water partition coefficient (Wildman–Crippen LogP) is 3.42. The third-order valence-electron chi connectivity index (χ3n) is 6.30. The number of carbonyl (C=O) groups excluding carboxylic acids is 2. The molecule has 0 fully saturated rings. The first kappa shape index (κ1) is 26.4. The summed E-state index contributed by atoms with van der Waals surface area (Å²) in [6.45, 7) is 5.31. The van der Waals surface area contributed by atoms with E-state index in [1.807, 2.05) is 43.3 Å². The standard InChI is InChI=1S/C28H31N3O5S/c1-4-30(37(34,35)26-16-20(2)14-15-21(26)3)19-27(32)31-18-25(36-24-13-9-8-12-23(24)31)28(33)29-17-22-10-6-5-7-11-22/h5-16,25H,4,17-19H2,1-3H3,(H,29,33)/t25-/m1/s1. The summed E-state index contributed by atoms with van der Waals surface area (Å²) in [7, 11) is -3.91. The van der Waals surface area contributed by atoms with Crippen molar-refractivity contribution < 1.29 is 22.7 Å². The van der Waals surface area contributed by atoms with Gasteiger partial charge in [-0.25, -0.2) is 8.42 Å². The first-order valence-corrected chi connectivity index (χ1v) is 13.6. The van der Waals surface area contributed by atoms with E-state index in [-0.39, 0.29) is 30.4 Å². The predicted molar refractivity (Wildman–Crippen MR) is 142 cm³/mol. The molecule has 9 heteroatoms. The fraction of sp³-hybridized carbons (Fsp3) is 0.286. The van der Waals surface area contributed by atoms with Gasteiger partial charge in [-0.3, -0.25) is 9.59 Å². The Hall–Kier alpha value is -3.69. The number of sulfonamides is 1. The summed E-state index contributed by atoms with van der Waals surface area (Å²) >= 11 is 0. The number of nitrogens with one attached hydrogen (secondary N) is 1. The van der Waals surface area contributed by atoms with Gasteiger partial charge in [0.2, 0.25) is 15.9 Å². The number of carbonyl (C=O) groups is 2. The van der Waals surface area contributed by atoms with Gasteiger partial charge in [0, 0.05) is 13.1 Å². The minimum absolute atomic E-state index is 0.0302. The Morgan fingerprint density at radius 2 is 1.73 bits per heavy atom. The second kappa shape index (κ2) is 11.1. The van der Waals surface area contributed by atoms with E-state index in [1.54, 1.807) is 50.2 Å². The van der Waals surface area contributed by atoms with Crippen molar-refractivity contribution in [2.24, 2.45) is 0 Å². The summed E-state index contributed by atoms with van der Waals surface area (Å²) in [6.07, 6.45) is -0.937. The number of fused-ring (bicyclic) bond motifs is 1. The number of hydrogen-bond donors (Lipinski definition) is 1. The maximum Gasteiger partial charge on any atom is 0.263 e. The minimum atomic E-state index is -3.91. The van der Waals surface area contributed by atoms with Crippen molar-refractivity contribution in [1.82, 2.24) is 9.62 Å². The molecule has 0 bridgehead atoms. The van der Waals surface area contributed by atoms with Crippen molar-refractivity contribution in [2.75, 3.05) is 24.5 Å². The summed E-state index contributed by atoms with van der Waals surface area (Å²) < 4.78 is 34.0. The van der Waals surface area contributed by atoms with Crippen LogP contribution in [0.25, 0.3) is 0 Å². The van der Waals surface area contributed by atoms with Crippen LogP contribution in [0.1, 0.15) is 23.6 Å². The van der Waals surface area contributed by atoms with Crippen LogP contribution in [0, 0.1) is 13.8 Å². The molecule has 2 amide bonds. The number of ether oxygens (including phenoxy) is 1. The Balaban J connectivity index is 1.54. The highest BCUT2D eigenvalue weighted by atomic mass is 32.2. The van der Waals surface area contributed by atoms with Gasteiger partial charge in [-0.15, -0.1) is 0 Å². The fourth-order valence-corrected chi connectivity index (χ4v) is 5.94. The number of benzene rings is 3. The van der Waals surface area contributed by atoms with E-state index in [9.17, 15) is 18.0 Å². The van der Waals surface area contributed by atoms with Gasteiger partial charge in [0.05, 0.1) is 23.7 Å². The summed E-state index contributed by atoms with van der Waals surface area (Å²) in [4.78, 5) is 28.1. The lowest BCUT2D eigenvalue weighted by Crippen LogP contribution is -2.53. The van der Waals surface area contributed by atoms with Crippen LogP contribution in [-0.4, -0.2) is 50.3 Å². The zero-order valence-electron chi connectivity index (χ0n) is 21.2. The molecule has 37 heavy (non-hydrogen) atoms.